The van der Waals surface area contributed by atoms with Gasteiger partial charge in [0, 0.05) is 6.61 Å². The summed E-state index contributed by atoms with van der Waals surface area (Å²) in [6, 6.07) is 0. The molecule has 0 radical (unpaired) electrons. The van der Waals surface area contributed by atoms with Crippen LogP contribution in [-0.2, 0) is 9.47 Å². The van der Waals surface area contributed by atoms with Gasteiger partial charge < -0.3 is 9.47 Å². The molecule has 0 N–H and O–H groups in total. The molecule has 0 aromatic carbocycles. The van der Waals surface area contributed by atoms with Crippen molar-refractivity contribution in [2.24, 2.45) is 0 Å². The smallest absolute Gasteiger partial charge is 0.378 e. The molecule has 1 aliphatic heterocycles. The molecule has 1 aliphatic rings. The van der Waals surface area contributed by atoms with Crippen LogP contribution in [0.2, 0.25) is 0 Å². The molecule has 2 rings (SSSR count). The Hall–Kier alpha value is -1.43. The Balaban J connectivity index is 2.03. The van der Waals surface area contributed by atoms with E-state index in [4.69, 9.17) is 9.47 Å². The Bertz CT molecular complexity index is 358. The molecule has 0 saturated carbocycles. The van der Waals surface area contributed by atoms with Crippen LogP contribution in [0, 0.1) is 0 Å². The van der Waals surface area contributed by atoms with Crippen molar-refractivity contribution in [3.05, 3.63) is 12.2 Å². The maximum atomic E-state index is 11.3. The maximum Gasteiger partial charge on any atom is 0.378 e. The molecule has 1 aromatic rings. The van der Waals surface area contributed by atoms with Crippen molar-refractivity contribution in [2.75, 3.05) is 13.2 Å². The summed E-state index contributed by atoms with van der Waals surface area (Å²) in [5, 5.41) is 4.06. The first-order valence-electron chi connectivity index (χ1n) is 5.51. The lowest BCUT2D eigenvalue weighted by Gasteiger charge is -2.21. The van der Waals surface area contributed by atoms with Gasteiger partial charge in [-0.05, 0) is 26.2 Å². The summed E-state index contributed by atoms with van der Waals surface area (Å²) in [7, 11) is 0. The second-order valence-electron chi connectivity index (χ2n) is 3.59. The highest BCUT2D eigenvalue weighted by molar-refractivity contribution is 5.84. The van der Waals surface area contributed by atoms with Crippen LogP contribution in [0.1, 0.15) is 43.0 Å². The maximum absolute atomic E-state index is 11.3. The SMILES string of the molecule is CCOC(=O)c1ncn(C2CCCCO2)n1. The highest BCUT2D eigenvalue weighted by Crippen LogP contribution is 2.21. The highest BCUT2D eigenvalue weighted by atomic mass is 16.5. The Labute approximate surface area is 93.6 Å². The number of carbonyl (C=O) groups is 1. The molecule has 1 aromatic heterocycles. The molecule has 1 atom stereocenters. The van der Waals surface area contributed by atoms with E-state index in [9.17, 15) is 4.79 Å². The van der Waals surface area contributed by atoms with Gasteiger partial charge in [0.2, 0.25) is 0 Å². The van der Waals surface area contributed by atoms with E-state index < -0.39 is 5.97 Å². The van der Waals surface area contributed by atoms with E-state index in [0.29, 0.717) is 6.61 Å². The number of hydrogen-bond donors (Lipinski definition) is 0. The number of nitrogens with zero attached hydrogens (tertiary/aromatic N) is 3. The van der Waals surface area contributed by atoms with E-state index >= 15 is 0 Å². The fourth-order valence-electron chi connectivity index (χ4n) is 1.64. The van der Waals surface area contributed by atoms with Gasteiger partial charge in [-0.15, -0.1) is 5.10 Å². The zero-order valence-corrected chi connectivity index (χ0v) is 9.26. The van der Waals surface area contributed by atoms with Crippen LogP contribution in [0.5, 0.6) is 0 Å². The van der Waals surface area contributed by atoms with E-state index in [2.05, 4.69) is 10.1 Å². The van der Waals surface area contributed by atoms with Crippen molar-refractivity contribution in [1.82, 2.24) is 14.8 Å². The minimum Gasteiger partial charge on any atom is -0.460 e. The molecule has 0 amide bonds. The third-order valence-electron chi connectivity index (χ3n) is 2.42. The molecule has 1 saturated heterocycles. The molecule has 2 heterocycles. The van der Waals surface area contributed by atoms with E-state index in [1.807, 2.05) is 0 Å². The van der Waals surface area contributed by atoms with Crippen molar-refractivity contribution in [3.8, 4) is 0 Å². The molecular formula is C10H15N3O3. The standard InChI is InChI=1S/C10H15N3O3/c1-2-15-10(14)9-11-7-13(12-9)8-5-3-4-6-16-8/h7-8H,2-6H2,1H3. The minimum atomic E-state index is -0.489. The van der Waals surface area contributed by atoms with Crippen molar-refractivity contribution in [3.63, 3.8) is 0 Å². The van der Waals surface area contributed by atoms with E-state index in [0.717, 1.165) is 25.9 Å². The average Bonchev–Trinajstić information content (AvgIpc) is 2.80. The average molecular weight is 225 g/mol. The first kappa shape index (κ1) is 11.1. The largest absolute Gasteiger partial charge is 0.460 e. The van der Waals surface area contributed by atoms with Gasteiger partial charge in [0.25, 0.3) is 5.82 Å². The van der Waals surface area contributed by atoms with Crippen LogP contribution in [-0.4, -0.2) is 33.9 Å². The molecule has 0 spiro atoms. The zero-order chi connectivity index (χ0) is 11.4. The molecule has 1 unspecified atom stereocenters. The third kappa shape index (κ3) is 2.38. The second kappa shape index (κ2) is 5.07. The predicted molar refractivity (Wildman–Crippen MR) is 54.8 cm³/mol. The van der Waals surface area contributed by atoms with E-state index in [-0.39, 0.29) is 12.1 Å². The number of carbonyl (C=O) groups excluding carboxylic acids is 1. The molecule has 6 heteroatoms. The lowest BCUT2D eigenvalue weighted by atomic mass is 10.2. The third-order valence-corrected chi connectivity index (χ3v) is 2.42. The van der Waals surface area contributed by atoms with Crippen molar-refractivity contribution in [1.29, 1.82) is 0 Å². The summed E-state index contributed by atoms with van der Waals surface area (Å²) in [5.74, 6) is -0.395. The van der Waals surface area contributed by atoms with Gasteiger partial charge >= 0.3 is 5.97 Å². The molecule has 16 heavy (non-hydrogen) atoms. The van der Waals surface area contributed by atoms with Crippen LogP contribution < -0.4 is 0 Å². The van der Waals surface area contributed by atoms with Crippen molar-refractivity contribution < 1.29 is 14.3 Å². The Morgan fingerprint density at radius 3 is 3.25 bits per heavy atom. The zero-order valence-electron chi connectivity index (χ0n) is 9.26. The Kier molecular flexibility index (Phi) is 3.51. The molecule has 0 aliphatic carbocycles. The summed E-state index contributed by atoms with van der Waals surface area (Å²) in [6.45, 7) is 2.81. The van der Waals surface area contributed by atoms with Crippen LogP contribution in [0.4, 0.5) is 0 Å². The number of aromatic nitrogens is 3. The first-order chi connectivity index (χ1) is 7.81. The molecule has 6 nitrogen and oxygen atoms in total. The lowest BCUT2D eigenvalue weighted by molar-refractivity contribution is -0.0398. The van der Waals surface area contributed by atoms with Crippen LogP contribution >= 0.6 is 0 Å². The van der Waals surface area contributed by atoms with Crippen molar-refractivity contribution >= 4 is 5.97 Å². The fraction of sp³-hybridized carbons (Fsp3) is 0.700. The Morgan fingerprint density at radius 1 is 1.69 bits per heavy atom. The normalized spacial score (nSPS) is 20.7. The number of ether oxygens (including phenoxy) is 2. The van der Waals surface area contributed by atoms with Gasteiger partial charge in [0.05, 0.1) is 6.61 Å². The minimum absolute atomic E-state index is 0.0931. The van der Waals surface area contributed by atoms with Gasteiger partial charge in [-0.3, -0.25) is 0 Å². The van der Waals surface area contributed by atoms with Gasteiger partial charge in [-0.2, -0.15) is 0 Å². The van der Waals surface area contributed by atoms with E-state index in [1.165, 1.54) is 6.33 Å². The van der Waals surface area contributed by atoms with Gasteiger partial charge in [-0.1, -0.05) is 0 Å². The summed E-state index contributed by atoms with van der Waals surface area (Å²) in [5.41, 5.74) is 0. The number of rotatable bonds is 3. The summed E-state index contributed by atoms with van der Waals surface area (Å²) in [6.07, 6.45) is 4.52. The van der Waals surface area contributed by atoms with Crippen LogP contribution in [0.3, 0.4) is 0 Å². The summed E-state index contributed by atoms with van der Waals surface area (Å²) in [4.78, 5) is 15.2. The second-order valence-corrected chi connectivity index (χ2v) is 3.59. The summed E-state index contributed by atoms with van der Waals surface area (Å²) >= 11 is 0. The van der Waals surface area contributed by atoms with Crippen LogP contribution in [0.25, 0.3) is 0 Å². The van der Waals surface area contributed by atoms with Gasteiger partial charge in [0.15, 0.2) is 6.23 Å². The number of hydrogen-bond acceptors (Lipinski definition) is 5. The monoisotopic (exact) mass is 225 g/mol. The van der Waals surface area contributed by atoms with E-state index in [1.54, 1.807) is 11.6 Å². The number of esters is 1. The molecule has 1 fully saturated rings. The topological polar surface area (TPSA) is 66.2 Å². The van der Waals surface area contributed by atoms with Gasteiger partial charge in [-0.25, -0.2) is 14.5 Å². The Morgan fingerprint density at radius 2 is 2.56 bits per heavy atom. The van der Waals surface area contributed by atoms with Crippen LogP contribution in [0.15, 0.2) is 6.33 Å². The lowest BCUT2D eigenvalue weighted by Crippen LogP contribution is -2.19. The predicted octanol–water partition coefficient (Wildman–Crippen LogP) is 1.15. The van der Waals surface area contributed by atoms with Crippen molar-refractivity contribution in [2.45, 2.75) is 32.4 Å². The molecule has 0 bridgehead atoms. The summed E-state index contributed by atoms with van der Waals surface area (Å²) < 4.78 is 11.9. The molecule has 88 valence electrons. The fourth-order valence-corrected chi connectivity index (χ4v) is 1.64. The quantitative estimate of drug-likeness (QED) is 0.722. The highest BCUT2D eigenvalue weighted by Gasteiger charge is 2.19. The first-order valence-corrected chi connectivity index (χ1v) is 5.51. The molecular weight excluding hydrogens is 210 g/mol. The van der Waals surface area contributed by atoms with Gasteiger partial charge in [0.1, 0.15) is 6.33 Å².